The van der Waals surface area contributed by atoms with Gasteiger partial charge in [-0.05, 0) is 38.1 Å². The maximum absolute atomic E-state index is 12.8. The van der Waals surface area contributed by atoms with Gasteiger partial charge in [0, 0.05) is 43.0 Å². The van der Waals surface area contributed by atoms with Gasteiger partial charge in [-0.3, -0.25) is 4.79 Å². The zero-order valence-electron chi connectivity index (χ0n) is 16.1. The van der Waals surface area contributed by atoms with Crippen LogP contribution in [0.2, 0.25) is 10.0 Å². The van der Waals surface area contributed by atoms with Gasteiger partial charge in [0.25, 0.3) is 5.91 Å². The first-order chi connectivity index (χ1) is 13.9. The van der Waals surface area contributed by atoms with Crippen LogP contribution < -0.4 is 4.90 Å². The molecule has 0 unspecified atom stereocenters. The van der Waals surface area contributed by atoms with E-state index in [1.54, 1.807) is 34.1 Å². The molecule has 2 aromatic heterocycles. The van der Waals surface area contributed by atoms with Crippen molar-refractivity contribution in [2.45, 2.75) is 13.8 Å². The Morgan fingerprint density at radius 2 is 1.69 bits per heavy atom. The van der Waals surface area contributed by atoms with E-state index in [2.05, 4.69) is 20.0 Å². The van der Waals surface area contributed by atoms with Crippen molar-refractivity contribution in [1.82, 2.24) is 24.6 Å². The van der Waals surface area contributed by atoms with Crippen molar-refractivity contribution < 1.29 is 4.79 Å². The Labute approximate surface area is 178 Å². The molecule has 1 aromatic carbocycles. The number of rotatable bonds is 3. The van der Waals surface area contributed by atoms with E-state index in [-0.39, 0.29) is 5.91 Å². The summed E-state index contributed by atoms with van der Waals surface area (Å²) in [6.07, 6.45) is 1.55. The summed E-state index contributed by atoms with van der Waals surface area (Å²) in [6, 6.07) is 8.87. The number of halogens is 2. The fourth-order valence-electron chi connectivity index (χ4n) is 3.46. The van der Waals surface area contributed by atoms with E-state index in [1.807, 2.05) is 26.0 Å². The van der Waals surface area contributed by atoms with Gasteiger partial charge < -0.3 is 9.80 Å². The molecule has 0 N–H and O–H groups in total. The Morgan fingerprint density at radius 1 is 0.966 bits per heavy atom. The Hall–Kier alpha value is -2.64. The van der Waals surface area contributed by atoms with E-state index in [1.165, 1.54) is 0 Å². The minimum Gasteiger partial charge on any atom is -0.353 e. The van der Waals surface area contributed by atoms with Gasteiger partial charge in [0.1, 0.15) is 12.1 Å². The number of aromatic nitrogens is 4. The van der Waals surface area contributed by atoms with Crippen LogP contribution in [0.3, 0.4) is 0 Å². The zero-order valence-corrected chi connectivity index (χ0v) is 17.7. The van der Waals surface area contributed by atoms with Gasteiger partial charge in [0.05, 0.1) is 16.3 Å². The molecule has 0 aliphatic carbocycles. The molecule has 1 saturated heterocycles. The third kappa shape index (κ3) is 4.06. The number of nitrogens with zero attached hydrogens (tertiary/aromatic N) is 6. The second kappa shape index (κ2) is 8.00. The smallest absolute Gasteiger partial charge is 0.255 e. The monoisotopic (exact) mass is 430 g/mol. The molecular formula is C20H20Cl2N6O. The molecule has 0 saturated carbocycles. The number of hydrogen-bond acceptors (Lipinski definition) is 5. The molecule has 3 heterocycles. The zero-order chi connectivity index (χ0) is 20.5. The molecule has 1 aliphatic rings. The van der Waals surface area contributed by atoms with Gasteiger partial charge in [-0.15, -0.1) is 0 Å². The van der Waals surface area contributed by atoms with Crippen molar-refractivity contribution in [2.24, 2.45) is 0 Å². The summed E-state index contributed by atoms with van der Waals surface area (Å²) in [5.74, 6) is 1.43. The highest BCUT2D eigenvalue weighted by molar-refractivity contribution is 6.35. The van der Waals surface area contributed by atoms with Crippen LogP contribution in [-0.4, -0.2) is 56.7 Å². The van der Waals surface area contributed by atoms with Crippen molar-refractivity contribution in [2.75, 3.05) is 31.1 Å². The molecule has 150 valence electrons. The average Bonchev–Trinajstić information content (AvgIpc) is 3.07. The van der Waals surface area contributed by atoms with Crippen molar-refractivity contribution in [3.05, 3.63) is 63.7 Å². The number of carbonyl (C=O) groups is 1. The lowest BCUT2D eigenvalue weighted by Gasteiger charge is -2.35. The lowest BCUT2D eigenvalue weighted by Crippen LogP contribution is -2.49. The summed E-state index contributed by atoms with van der Waals surface area (Å²) >= 11 is 12.2. The first-order valence-electron chi connectivity index (χ1n) is 9.27. The van der Waals surface area contributed by atoms with E-state index in [0.717, 1.165) is 23.0 Å². The molecule has 1 amide bonds. The summed E-state index contributed by atoms with van der Waals surface area (Å²) in [6.45, 7) is 6.41. The Kier molecular flexibility index (Phi) is 5.43. The summed E-state index contributed by atoms with van der Waals surface area (Å²) in [7, 11) is 0. The third-order valence-corrected chi connectivity index (χ3v) is 5.48. The first kappa shape index (κ1) is 19.7. The highest BCUT2D eigenvalue weighted by Crippen LogP contribution is 2.23. The molecule has 7 nitrogen and oxygen atoms in total. The summed E-state index contributed by atoms with van der Waals surface area (Å²) in [4.78, 5) is 25.5. The molecule has 9 heteroatoms. The molecule has 1 aliphatic heterocycles. The van der Waals surface area contributed by atoms with Crippen LogP contribution in [0, 0.1) is 13.8 Å². The van der Waals surface area contributed by atoms with E-state index >= 15 is 0 Å². The van der Waals surface area contributed by atoms with Crippen molar-refractivity contribution in [3.63, 3.8) is 0 Å². The topological polar surface area (TPSA) is 67.2 Å². The van der Waals surface area contributed by atoms with Crippen molar-refractivity contribution in [1.29, 1.82) is 0 Å². The molecule has 3 aromatic rings. The second-order valence-electron chi connectivity index (χ2n) is 6.98. The van der Waals surface area contributed by atoms with Gasteiger partial charge in [0.2, 0.25) is 0 Å². The van der Waals surface area contributed by atoms with Crippen molar-refractivity contribution >= 4 is 34.9 Å². The van der Waals surface area contributed by atoms with E-state index in [9.17, 15) is 4.79 Å². The first-order valence-corrected chi connectivity index (χ1v) is 10.0. The Balaban J connectivity index is 1.47. The van der Waals surface area contributed by atoms with Gasteiger partial charge in [-0.1, -0.05) is 23.2 Å². The van der Waals surface area contributed by atoms with Gasteiger partial charge >= 0.3 is 0 Å². The highest BCUT2D eigenvalue weighted by Gasteiger charge is 2.25. The molecule has 1 fully saturated rings. The number of benzene rings is 1. The molecule has 0 bridgehead atoms. The van der Waals surface area contributed by atoms with E-state index in [4.69, 9.17) is 23.2 Å². The maximum Gasteiger partial charge on any atom is 0.255 e. The fraction of sp³-hybridized carbons (Fsp3) is 0.300. The number of aryl methyl sites for hydroxylation is 2. The van der Waals surface area contributed by atoms with Crippen molar-refractivity contribution in [3.8, 4) is 5.82 Å². The van der Waals surface area contributed by atoms with Crippen LogP contribution in [0.15, 0.2) is 36.7 Å². The van der Waals surface area contributed by atoms with Crippen LogP contribution in [0.25, 0.3) is 5.82 Å². The van der Waals surface area contributed by atoms with E-state index in [0.29, 0.717) is 41.8 Å². The molecule has 29 heavy (non-hydrogen) atoms. The summed E-state index contributed by atoms with van der Waals surface area (Å²) in [5, 5.41) is 5.39. The number of hydrogen-bond donors (Lipinski definition) is 0. The quantitative estimate of drug-likeness (QED) is 0.635. The number of amides is 1. The number of carbonyl (C=O) groups excluding carboxylic acids is 1. The predicted octanol–water partition coefficient (Wildman–Crippen LogP) is 3.55. The number of piperazine rings is 1. The van der Waals surface area contributed by atoms with Crippen LogP contribution in [0.1, 0.15) is 21.7 Å². The molecule has 0 spiro atoms. The van der Waals surface area contributed by atoms with Crippen LogP contribution in [0.4, 0.5) is 5.82 Å². The minimum absolute atomic E-state index is 0.108. The second-order valence-corrected chi connectivity index (χ2v) is 7.82. The molecule has 0 radical (unpaired) electrons. The van der Waals surface area contributed by atoms with Crippen LogP contribution >= 0.6 is 23.2 Å². The molecule has 0 atom stereocenters. The highest BCUT2D eigenvalue weighted by atomic mass is 35.5. The standard InChI is InChI=1S/C20H20Cl2N6O/c1-13-9-14(2)28(25-13)19-11-18(23-12-24-19)26-5-7-27(8-6-26)20(29)16-10-15(21)3-4-17(16)22/h3-4,9-12H,5-8H2,1-2H3. The fourth-order valence-corrected chi connectivity index (χ4v) is 3.83. The molecular weight excluding hydrogens is 411 g/mol. The molecule has 4 rings (SSSR count). The predicted molar refractivity (Wildman–Crippen MR) is 113 cm³/mol. The average molecular weight is 431 g/mol. The largest absolute Gasteiger partial charge is 0.353 e. The number of anilines is 1. The Bertz CT molecular complexity index is 1060. The maximum atomic E-state index is 12.8. The Morgan fingerprint density at radius 3 is 2.38 bits per heavy atom. The van der Waals surface area contributed by atoms with Gasteiger partial charge in [-0.2, -0.15) is 5.10 Å². The third-order valence-electron chi connectivity index (χ3n) is 4.91. The minimum atomic E-state index is -0.108. The van der Waals surface area contributed by atoms with Crippen LogP contribution in [-0.2, 0) is 0 Å². The normalized spacial score (nSPS) is 14.3. The van der Waals surface area contributed by atoms with Gasteiger partial charge in [-0.25, -0.2) is 14.6 Å². The van der Waals surface area contributed by atoms with E-state index < -0.39 is 0 Å². The van der Waals surface area contributed by atoms with Crippen LogP contribution in [0.5, 0.6) is 0 Å². The van der Waals surface area contributed by atoms with Gasteiger partial charge in [0.15, 0.2) is 5.82 Å². The summed E-state index contributed by atoms with van der Waals surface area (Å²) in [5.41, 5.74) is 2.39. The lowest BCUT2D eigenvalue weighted by atomic mass is 10.1. The SMILES string of the molecule is Cc1cc(C)n(-c2cc(N3CCN(C(=O)c4cc(Cl)ccc4Cl)CC3)ncn2)n1. The lowest BCUT2D eigenvalue weighted by molar-refractivity contribution is 0.0746. The summed E-state index contributed by atoms with van der Waals surface area (Å²) < 4.78 is 1.81.